The molecule has 6 atom stereocenters. The zero-order valence-corrected chi connectivity index (χ0v) is 24.2. The van der Waals surface area contributed by atoms with Gasteiger partial charge in [-0.3, -0.25) is 0 Å². The summed E-state index contributed by atoms with van der Waals surface area (Å²) in [5.74, 6) is -1.49. The fourth-order valence-electron chi connectivity index (χ4n) is 5.11. The van der Waals surface area contributed by atoms with Crippen molar-refractivity contribution in [1.29, 1.82) is 0 Å². The maximum absolute atomic E-state index is 13.4. The van der Waals surface area contributed by atoms with E-state index >= 15 is 0 Å². The molecule has 0 aliphatic carbocycles. The van der Waals surface area contributed by atoms with Gasteiger partial charge in [0.1, 0.15) is 18.0 Å². The van der Waals surface area contributed by atoms with Gasteiger partial charge in [0, 0.05) is 5.56 Å². The molecule has 0 saturated carbocycles. The van der Waals surface area contributed by atoms with E-state index < -0.39 is 54.9 Å². The molecule has 6 rings (SSSR count). The first-order chi connectivity index (χ1) is 22.0. The van der Waals surface area contributed by atoms with E-state index in [-0.39, 0.29) is 23.3 Å². The lowest BCUT2D eigenvalue weighted by atomic mass is 9.96. The summed E-state index contributed by atoms with van der Waals surface area (Å²) in [5.41, 5.74) is 1.44. The fraction of sp³-hybridized carbons (Fsp3) is 0.229. The standard InChI is InChI=1S/C35H30O10/c1-39-26-19-17-25(18-20-26)34-40-21-27-28(44-34)29(42-31(36)22-11-5-2-6-12-22)30(43-32(37)23-13-7-3-8-14-23)35(41-27)45-33(38)24-15-9-4-10-16-24/h2-20,27-30,34-35H,21H2,1H3/t27-,28+,29+,30-,34?,35+/m1/s1. The Morgan fingerprint density at radius 3 is 1.60 bits per heavy atom. The SMILES string of the molecule is COc1ccc(C2OC[C@H]3O[C@@H](OC(=O)c4ccccc4)[C@H](OC(=O)c4ccccc4)[C@@H](OC(=O)c4ccccc4)[C@H]3O2)cc1. The zero-order valence-electron chi connectivity index (χ0n) is 24.2. The molecule has 0 radical (unpaired) electrons. The van der Waals surface area contributed by atoms with Crippen LogP contribution in [-0.4, -0.2) is 62.3 Å². The van der Waals surface area contributed by atoms with Gasteiger partial charge in [-0.05, 0) is 48.5 Å². The smallest absolute Gasteiger partial charge is 0.340 e. The lowest BCUT2D eigenvalue weighted by Crippen LogP contribution is -2.64. The van der Waals surface area contributed by atoms with E-state index in [0.717, 1.165) is 0 Å². The van der Waals surface area contributed by atoms with Crippen LogP contribution in [0.5, 0.6) is 5.75 Å². The zero-order chi connectivity index (χ0) is 31.2. The topological polar surface area (TPSA) is 116 Å². The number of fused-ring (bicyclic) bond motifs is 1. The van der Waals surface area contributed by atoms with Crippen molar-refractivity contribution >= 4 is 17.9 Å². The van der Waals surface area contributed by atoms with Crippen molar-refractivity contribution in [2.45, 2.75) is 37.0 Å². The van der Waals surface area contributed by atoms with Crippen molar-refractivity contribution in [3.8, 4) is 5.75 Å². The number of rotatable bonds is 8. The first-order valence-corrected chi connectivity index (χ1v) is 14.3. The van der Waals surface area contributed by atoms with Gasteiger partial charge < -0.3 is 33.2 Å². The number of carbonyl (C=O) groups is 3. The van der Waals surface area contributed by atoms with Crippen molar-refractivity contribution in [1.82, 2.24) is 0 Å². The molecule has 230 valence electrons. The molecule has 2 saturated heterocycles. The first kappa shape index (κ1) is 30.0. The van der Waals surface area contributed by atoms with E-state index in [1.165, 1.54) is 0 Å². The predicted octanol–water partition coefficient (Wildman–Crippen LogP) is 5.14. The number of ether oxygens (including phenoxy) is 7. The molecule has 4 aromatic rings. The van der Waals surface area contributed by atoms with Crippen LogP contribution in [0.4, 0.5) is 0 Å². The summed E-state index contributed by atoms with van der Waals surface area (Å²) in [5, 5.41) is 0. The van der Waals surface area contributed by atoms with Crippen LogP contribution in [0.25, 0.3) is 0 Å². The molecule has 0 bridgehead atoms. The van der Waals surface area contributed by atoms with Crippen molar-refractivity contribution in [2.24, 2.45) is 0 Å². The highest BCUT2D eigenvalue weighted by Crippen LogP contribution is 2.38. The molecule has 1 unspecified atom stereocenters. The van der Waals surface area contributed by atoms with Gasteiger partial charge in [0.05, 0.1) is 30.4 Å². The van der Waals surface area contributed by atoms with E-state index in [1.807, 2.05) is 0 Å². The predicted molar refractivity (Wildman–Crippen MR) is 158 cm³/mol. The molecule has 45 heavy (non-hydrogen) atoms. The first-order valence-electron chi connectivity index (χ1n) is 14.3. The molecule has 10 nitrogen and oxygen atoms in total. The molecule has 0 aromatic heterocycles. The van der Waals surface area contributed by atoms with Crippen molar-refractivity contribution in [2.75, 3.05) is 13.7 Å². The number of hydrogen-bond donors (Lipinski definition) is 0. The van der Waals surface area contributed by atoms with Crippen LogP contribution >= 0.6 is 0 Å². The summed E-state index contributed by atoms with van der Waals surface area (Å²) in [7, 11) is 1.57. The summed E-state index contributed by atoms with van der Waals surface area (Å²) >= 11 is 0. The van der Waals surface area contributed by atoms with E-state index in [0.29, 0.717) is 11.3 Å². The normalized spacial score (nSPS) is 24.0. The van der Waals surface area contributed by atoms with Crippen LogP contribution in [0.15, 0.2) is 115 Å². The Kier molecular flexibility index (Phi) is 9.16. The molecule has 4 aromatic carbocycles. The third-order valence-electron chi connectivity index (χ3n) is 7.41. The van der Waals surface area contributed by atoms with Gasteiger partial charge in [-0.2, -0.15) is 0 Å². The highest BCUT2D eigenvalue weighted by atomic mass is 16.8. The number of benzene rings is 4. The Balaban J connectivity index is 1.35. The van der Waals surface area contributed by atoms with E-state index in [9.17, 15) is 14.4 Å². The molecule has 2 aliphatic heterocycles. The molecular formula is C35H30O10. The minimum Gasteiger partial charge on any atom is -0.497 e. The Hall–Kier alpha value is -5.03. The average Bonchev–Trinajstić information content (AvgIpc) is 3.10. The summed E-state index contributed by atoms with van der Waals surface area (Å²) < 4.78 is 41.6. The molecule has 2 heterocycles. The molecule has 2 fully saturated rings. The Labute approximate surface area is 259 Å². The number of methoxy groups -OCH3 is 1. The van der Waals surface area contributed by atoms with Gasteiger partial charge >= 0.3 is 17.9 Å². The van der Waals surface area contributed by atoms with Crippen molar-refractivity contribution < 1.29 is 47.5 Å². The summed E-state index contributed by atoms with van der Waals surface area (Å²) in [6, 6.07) is 32.1. The average molecular weight is 611 g/mol. The van der Waals surface area contributed by atoms with Crippen LogP contribution in [0.2, 0.25) is 0 Å². The Morgan fingerprint density at radius 1 is 0.600 bits per heavy atom. The Morgan fingerprint density at radius 2 is 1.09 bits per heavy atom. The van der Waals surface area contributed by atoms with Gasteiger partial charge in [-0.1, -0.05) is 66.7 Å². The van der Waals surface area contributed by atoms with Crippen LogP contribution in [0.3, 0.4) is 0 Å². The quantitative estimate of drug-likeness (QED) is 0.196. The minimum absolute atomic E-state index is 0.000507. The van der Waals surface area contributed by atoms with Gasteiger partial charge in [-0.25, -0.2) is 14.4 Å². The number of carbonyl (C=O) groups excluding carboxylic acids is 3. The summed E-state index contributed by atoms with van der Waals surface area (Å²) in [6.45, 7) is -0.000507. The van der Waals surface area contributed by atoms with Gasteiger partial charge in [-0.15, -0.1) is 0 Å². The lowest BCUT2D eigenvalue weighted by molar-refractivity contribution is -0.351. The van der Waals surface area contributed by atoms with Crippen LogP contribution in [0.1, 0.15) is 42.9 Å². The van der Waals surface area contributed by atoms with Crippen LogP contribution in [0, 0.1) is 0 Å². The van der Waals surface area contributed by atoms with Gasteiger partial charge in [0.2, 0.25) is 12.4 Å². The molecule has 2 aliphatic rings. The minimum atomic E-state index is -1.47. The second kappa shape index (κ2) is 13.7. The maximum Gasteiger partial charge on any atom is 0.340 e. The highest BCUT2D eigenvalue weighted by Gasteiger charge is 2.55. The van der Waals surface area contributed by atoms with Crippen LogP contribution < -0.4 is 4.74 Å². The third-order valence-corrected chi connectivity index (χ3v) is 7.41. The summed E-state index contributed by atoms with van der Waals surface area (Å²) in [4.78, 5) is 40.0. The molecular weight excluding hydrogens is 580 g/mol. The van der Waals surface area contributed by atoms with Crippen LogP contribution in [-0.2, 0) is 28.4 Å². The lowest BCUT2D eigenvalue weighted by Gasteiger charge is -2.47. The number of esters is 3. The monoisotopic (exact) mass is 610 g/mol. The van der Waals surface area contributed by atoms with Crippen molar-refractivity contribution in [3.63, 3.8) is 0 Å². The maximum atomic E-state index is 13.4. The summed E-state index contributed by atoms with van der Waals surface area (Å²) in [6.07, 6.45) is -6.83. The van der Waals surface area contributed by atoms with Crippen molar-refractivity contribution in [3.05, 3.63) is 138 Å². The molecule has 0 spiro atoms. The highest BCUT2D eigenvalue weighted by molar-refractivity contribution is 5.91. The van der Waals surface area contributed by atoms with E-state index in [1.54, 1.807) is 122 Å². The molecule has 10 heteroatoms. The largest absolute Gasteiger partial charge is 0.497 e. The van der Waals surface area contributed by atoms with E-state index in [2.05, 4.69) is 0 Å². The fourth-order valence-corrected chi connectivity index (χ4v) is 5.11. The third kappa shape index (κ3) is 6.88. The van der Waals surface area contributed by atoms with Gasteiger partial charge in [0.15, 0.2) is 12.4 Å². The second-order valence-electron chi connectivity index (χ2n) is 10.3. The van der Waals surface area contributed by atoms with Gasteiger partial charge in [0.25, 0.3) is 0 Å². The molecule has 0 amide bonds. The number of hydrogen-bond acceptors (Lipinski definition) is 10. The second-order valence-corrected chi connectivity index (χ2v) is 10.3. The Bertz CT molecular complexity index is 1590. The molecule has 0 N–H and O–H groups in total. The van der Waals surface area contributed by atoms with E-state index in [4.69, 9.17) is 33.2 Å².